The molecule has 28 heavy (non-hydrogen) atoms. The normalized spacial score (nSPS) is 13.5. The summed E-state index contributed by atoms with van der Waals surface area (Å²) >= 11 is 1.55. The summed E-state index contributed by atoms with van der Waals surface area (Å²) in [6.45, 7) is 1.07. The lowest BCUT2D eigenvalue weighted by atomic mass is 9.98. The number of nitrogens with one attached hydrogen (secondary N) is 1. The summed E-state index contributed by atoms with van der Waals surface area (Å²) in [5.74, 6) is 1.17. The van der Waals surface area contributed by atoms with E-state index >= 15 is 0 Å². The number of carbonyl (C=O) groups is 1. The van der Waals surface area contributed by atoms with E-state index in [0.717, 1.165) is 22.9 Å². The maximum atomic E-state index is 12.6. The van der Waals surface area contributed by atoms with Crippen LogP contribution in [0.1, 0.15) is 22.3 Å². The Balaban J connectivity index is 1.57. The van der Waals surface area contributed by atoms with Crippen molar-refractivity contribution < 1.29 is 13.2 Å². The Morgan fingerprint density at radius 1 is 1.25 bits per heavy atom. The van der Waals surface area contributed by atoms with Crippen molar-refractivity contribution in [2.45, 2.75) is 18.7 Å². The number of anilines is 1. The molecule has 1 amide bonds. The number of benzene rings is 2. The molecule has 0 spiro atoms. The molecule has 2 aromatic carbocycles. The number of nitriles is 1. The number of amides is 1. The van der Waals surface area contributed by atoms with E-state index in [4.69, 9.17) is 5.26 Å². The zero-order valence-electron chi connectivity index (χ0n) is 15.5. The lowest BCUT2D eigenvalue weighted by Crippen LogP contribution is -2.37. The molecule has 1 heterocycles. The summed E-state index contributed by atoms with van der Waals surface area (Å²) < 4.78 is 25.6. The maximum Gasteiger partial charge on any atom is 0.232 e. The number of thioether (sulfide) groups is 1. The van der Waals surface area contributed by atoms with Gasteiger partial charge in [-0.3, -0.25) is 9.52 Å². The van der Waals surface area contributed by atoms with Crippen molar-refractivity contribution in [3.05, 3.63) is 64.7 Å². The molecule has 0 aromatic heterocycles. The van der Waals surface area contributed by atoms with Crippen LogP contribution >= 0.6 is 11.8 Å². The van der Waals surface area contributed by atoms with Crippen molar-refractivity contribution in [3.63, 3.8) is 0 Å². The van der Waals surface area contributed by atoms with E-state index in [1.54, 1.807) is 36.0 Å². The smallest absolute Gasteiger partial charge is 0.232 e. The molecular formula is C20H21N3O3S2. The Morgan fingerprint density at radius 3 is 2.68 bits per heavy atom. The van der Waals surface area contributed by atoms with Crippen LogP contribution in [0.25, 0.3) is 0 Å². The molecule has 0 aliphatic carbocycles. The monoisotopic (exact) mass is 415 g/mol. The van der Waals surface area contributed by atoms with Gasteiger partial charge in [0.2, 0.25) is 15.9 Å². The fourth-order valence-electron chi connectivity index (χ4n) is 3.14. The highest BCUT2D eigenvalue weighted by Crippen LogP contribution is 2.27. The second-order valence-electron chi connectivity index (χ2n) is 6.68. The number of carbonyl (C=O) groups excluding carboxylic acids is 1. The second-order valence-corrected chi connectivity index (χ2v) is 9.42. The van der Waals surface area contributed by atoms with Crippen molar-refractivity contribution in [2.75, 3.05) is 23.3 Å². The van der Waals surface area contributed by atoms with Gasteiger partial charge in [0.15, 0.2) is 0 Å². The molecule has 1 N–H and O–H groups in total. The Bertz CT molecular complexity index is 1010. The molecule has 146 valence electrons. The van der Waals surface area contributed by atoms with Crippen LogP contribution < -0.4 is 4.72 Å². The molecule has 0 atom stereocenters. The Hall–Kier alpha value is -2.50. The molecule has 0 unspecified atom stereocenters. The number of sulfonamides is 1. The third-order valence-corrected chi connectivity index (χ3v) is 6.07. The van der Waals surface area contributed by atoms with Crippen LogP contribution in [-0.4, -0.2) is 37.8 Å². The molecule has 1 aliphatic heterocycles. The highest BCUT2D eigenvalue weighted by Gasteiger charge is 2.23. The van der Waals surface area contributed by atoms with E-state index in [2.05, 4.69) is 10.8 Å². The predicted molar refractivity (Wildman–Crippen MR) is 111 cm³/mol. The average Bonchev–Trinajstić information content (AvgIpc) is 2.67. The van der Waals surface area contributed by atoms with Crippen molar-refractivity contribution in [3.8, 4) is 6.07 Å². The highest BCUT2D eigenvalue weighted by atomic mass is 32.2. The van der Waals surface area contributed by atoms with Gasteiger partial charge >= 0.3 is 0 Å². The molecule has 0 fully saturated rings. The van der Waals surface area contributed by atoms with Gasteiger partial charge in [-0.1, -0.05) is 24.3 Å². The summed E-state index contributed by atoms with van der Waals surface area (Å²) in [6, 6.07) is 15.0. The minimum atomic E-state index is -3.34. The van der Waals surface area contributed by atoms with Crippen LogP contribution in [0.2, 0.25) is 0 Å². The Kier molecular flexibility index (Phi) is 6.27. The van der Waals surface area contributed by atoms with E-state index in [-0.39, 0.29) is 5.91 Å². The molecule has 0 bridgehead atoms. The summed E-state index contributed by atoms with van der Waals surface area (Å²) in [5, 5.41) is 8.82. The standard InChI is InChI=1S/C20H21N3O3S2/c1-28(25,26)22-19-4-2-3-17-12-23(10-9-18(17)19)20(24)14-27-13-16-7-5-15(11-21)6-8-16/h2-8,22H,9-10,12-14H2,1H3. The molecule has 0 radical (unpaired) electrons. The molecule has 8 heteroatoms. The number of rotatable bonds is 6. The van der Waals surface area contributed by atoms with Gasteiger partial charge < -0.3 is 4.90 Å². The van der Waals surface area contributed by atoms with E-state index in [1.807, 2.05) is 23.1 Å². The Morgan fingerprint density at radius 2 is 2.00 bits per heavy atom. The number of hydrogen-bond donors (Lipinski definition) is 1. The first-order chi connectivity index (χ1) is 13.4. The first-order valence-electron chi connectivity index (χ1n) is 8.79. The van der Waals surface area contributed by atoms with Gasteiger partial charge in [0.1, 0.15) is 0 Å². The number of fused-ring (bicyclic) bond motifs is 1. The van der Waals surface area contributed by atoms with Crippen LogP contribution in [0.5, 0.6) is 0 Å². The molecular weight excluding hydrogens is 394 g/mol. The van der Waals surface area contributed by atoms with Gasteiger partial charge in [-0.2, -0.15) is 5.26 Å². The van der Waals surface area contributed by atoms with Crippen molar-refractivity contribution in [1.82, 2.24) is 4.90 Å². The quantitative estimate of drug-likeness (QED) is 0.783. The van der Waals surface area contributed by atoms with E-state index in [9.17, 15) is 13.2 Å². The largest absolute Gasteiger partial charge is 0.337 e. The third-order valence-electron chi connectivity index (χ3n) is 4.49. The van der Waals surface area contributed by atoms with Crippen molar-refractivity contribution in [1.29, 1.82) is 5.26 Å². The van der Waals surface area contributed by atoms with Gasteiger partial charge in [0.05, 0.1) is 29.3 Å². The SMILES string of the molecule is CS(=O)(=O)Nc1cccc2c1CCN(C(=O)CSCc1ccc(C#N)cc1)C2. The topological polar surface area (TPSA) is 90.3 Å². The zero-order valence-corrected chi connectivity index (χ0v) is 17.1. The molecule has 1 aliphatic rings. The average molecular weight is 416 g/mol. The Labute approximate surface area is 169 Å². The molecule has 2 aromatic rings. The maximum absolute atomic E-state index is 12.6. The fourth-order valence-corrected chi connectivity index (χ4v) is 4.62. The molecule has 3 rings (SSSR count). The zero-order chi connectivity index (χ0) is 20.1. The van der Waals surface area contributed by atoms with Crippen LogP contribution in [0.3, 0.4) is 0 Å². The summed E-state index contributed by atoms with van der Waals surface area (Å²) in [6.07, 6.45) is 1.76. The molecule has 0 saturated carbocycles. The summed E-state index contributed by atoms with van der Waals surface area (Å²) in [7, 11) is -3.34. The van der Waals surface area contributed by atoms with Gasteiger partial charge in [-0.25, -0.2) is 8.42 Å². The van der Waals surface area contributed by atoms with Gasteiger partial charge in [0.25, 0.3) is 0 Å². The number of nitrogens with zero attached hydrogens (tertiary/aromatic N) is 2. The molecule has 0 saturated heterocycles. The predicted octanol–water partition coefficient (Wildman–Crippen LogP) is 2.75. The van der Waals surface area contributed by atoms with Crippen molar-refractivity contribution in [2.24, 2.45) is 0 Å². The van der Waals surface area contributed by atoms with Crippen LogP contribution in [0.15, 0.2) is 42.5 Å². The van der Waals surface area contributed by atoms with Crippen molar-refractivity contribution >= 4 is 33.4 Å². The van der Waals surface area contributed by atoms with Gasteiger partial charge in [-0.05, 0) is 41.3 Å². The van der Waals surface area contributed by atoms with Gasteiger partial charge in [-0.15, -0.1) is 11.8 Å². The van der Waals surface area contributed by atoms with E-state index in [0.29, 0.717) is 42.3 Å². The van der Waals surface area contributed by atoms with Gasteiger partial charge in [0, 0.05) is 18.8 Å². The minimum Gasteiger partial charge on any atom is -0.337 e. The molecule has 6 nitrogen and oxygen atoms in total. The minimum absolute atomic E-state index is 0.0748. The fraction of sp³-hybridized carbons (Fsp3) is 0.300. The van der Waals surface area contributed by atoms with E-state index in [1.165, 1.54) is 0 Å². The third kappa shape index (κ3) is 5.27. The summed E-state index contributed by atoms with van der Waals surface area (Å²) in [4.78, 5) is 14.4. The first-order valence-corrected chi connectivity index (χ1v) is 11.8. The lowest BCUT2D eigenvalue weighted by molar-refractivity contribution is -0.129. The highest BCUT2D eigenvalue weighted by molar-refractivity contribution is 7.99. The summed E-state index contributed by atoms with van der Waals surface area (Å²) in [5.41, 5.74) is 4.24. The number of hydrogen-bond acceptors (Lipinski definition) is 5. The van der Waals surface area contributed by atoms with Crippen LogP contribution in [0, 0.1) is 11.3 Å². The first kappa shape index (κ1) is 20.2. The second kappa shape index (κ2) is 8.67. The van der Waals surface area contributed by atoms with Crippen LogP contribution in [-0.2, 0) is 33.5 Å². The van der Waals surface area contributed by atoms with E-state index < -0.39 is 10.0 Å². The lowest BCUT2D eigenvalue weighted by Gasteiger charge is -2.30. The van der Waals surface area contributed by atoms with Crippen LogP contribution in [0.4, 0.5) is 5.69 Å².